The summed E-state index contributed by atoms with van der Waals surface area (Å²) < 4.78 is 26.6. The van der Waals surface area contributed by atoms with Crippen molar-refractivity contribution in [2.75, 3.05) is 0 Å². The third kappa shape index (κ3) is 2.56. The van der Waals surface area contributed by atoms with E-state index < -0.39 is 10.0 Å². The number of hydrogen-bond acceptors (Lipinski definition) is 4. The van der Waals surface area contributed by atoms with Gasteiger partial charge >= 0.3 is 0 Å². The highest BCUT2D eigenvalue weighted by atomic mass is 32.2. The predicted molar refractivity (Wildman–Crippen MR) is 89.2 cm³/mol. The molecule has 0 aliphatic heterocycles. The number of fused-ring (bicyclic) bond motifs is 1. The zero-order chi connectivity index (χ0) is 16.7. The number of aromatic nitrogens is 2. The van der Waals surface area contributed by atoms with Crippen LogP contribution in [-0.4, -0.2) is 29.3 Å². The van der Waals surface area contributed by atoms with Crippen LogP contribution in [0.4, 0.5) is 0 Å². The van der Waals surface area contributed by atoms with E-state index in [1.165, 1.54) is 12.4 Å². The number of carbonyl (C=O) groups excluding carboxylic acids is 1. The molecule has 1 aliphatic rings. The van der Waals surface area contributed by atoms with Gasteiger partial charge < -0.3 is 5.32 Å². The first-order valence-corrected chi connectivity index (χ1v) is 9.08. The Balaban J connectivity index is 1.74. The standard InChI is InChI=1S/C17H15N3O3S/c21-17(19-14-6-7-14)13-10-12-8-9-20(16(12)18-11-13)24(22,23)15-4-2-1-3-5-15/h1-5,8-11,14H,6-7H2,(H,19,21). The van der Waals surface area contributed by atoms with Crippen LogP contribution >= 0.6 is 0 Å². The molecule has 1 aliphatic carbocycles. The first-order chi connectivity index (χ1) is 11.6. The maximum absolute atomic E-state index is 12.7. The lowest BCUT2D eigenvalue weighted by molar-refractivity contribution is 0.0951. The SMILES string of the molecule is O=C(NC1CC1)c1cnc2c(ccn2S(=O)(=O)c2ccccc2)c1. The summed E-state index contributed by atoms with van der Waals surface area (Å²) in [5, 5.41) is 3.50. The lowest BCUT2D eigenvalue weighted by Gasteiger charge is -2.07. The largest absolute Gasteiger partial charge is 0.349 e. The number of nitrogens with one attached hydrogen (secondary N) is 1. The fraction of sp³-hybridized carbons (Fsp3) is 0.176. The second-order valence-electron chi connectivity index (χ2n) is 5.81. The summed E-state index contributed by atoms with van der Waals surface area (Å²) in [5.41, 5.74) is 0.742. The second kappa shape index (κ2) is 5.45. The van der Waals surface area contributed by atoms with Crippen molar-refractivity contribution < 1.29 is 13.2 Å². The topological polar surface area (TPSA) is 81.1 Å². The van der Waals surface area contributed by atoms with Crippen LogP contribution in [0, 0.1) is 0 Å². The maximum atomic E-state index is 12.7. The highest BCUT2D eigenvalue weighted by Gasteiger charge is 2.24. The number of benzene rings is 1. The predicted octanol–water partition coefficient (Wildman–Crippen LogP) is 2.17. The summed E-state index contributed by atoms with van der Waals surface area (Å²) in [4.78, 5) is 16.5. The van der Waals surface area contributed by atoms with Crippen molar-refractivity contribution in [3.05, 3.63) is 60.4 Å². The molecule has 2 aromatic heterocycles. The smallest absolute Gasteiger partial charge is 0.269 e. The summed E-state index contributed by atoms with van der Waals surface area (Å²) in [6.07, 6.45) is 4.89. The molecule has 1 N–H and O–H groups in total. The molecule has 1 fully saturated rings. The molecule has 4 rings (SSSR count). The Hall–Kier alpha value is -2.67. The lowest BCUT2D eigenvalue weighted by Crippen LogP contribution is -2.25. The molecule has 3 aromatic rings. The van der Waals surface area contributed by atoms with Crippen molar-refractivity contribution in [3.8, 4) is 0 Å². The molecule has 0 unspecified atom stereocenters. The summed E-state index contributed by atoms with van der Waals surface area (Å²) in [5.74, 6) is -0.175. The van der Waals surface area contributed by atoms with E-state index in [4.69, 9.17) is 0 Å². The molecule has 1 saturated carbocycles. The minimum atomic E-state index is -3.71. The first kappa shape index (κ1) is 14.9. The Morgan fingerprint density at radius 2 is 1.92 bits per heavy atom. The van der Waals surface area contributed by atoms with Crippen molar-refractivity contribution in [1.82, 2.24) is 14.3 Å². The number of hydrogen-bond donors (Lipinski definition) is 1. The number of rotatable bonds is 4. The fourth-order valence-corrected chi connectivity index (χ4v) is 3.85. The summed E-state index contributed by atoms with van der Waals surface area (Å²) in [7, 11) is -3.71. The molecule has 0 saturated heterocycles. The van der Waals surface area contributed by atoms with Crippen molar-refractivity contribution >= 4 is 27.0 Å². The number of nitrogens with zero attached hydrogens (tertiary/aromatic N) is 2. The van der Waals surface area contributed by atoms with E-state index in [1.54, 1.807) is 42.5 Å². The van der Waals surface area contributed by atoms with Crippen LogP contribution in [0.25, 0.3) is 11.0 Å². The summed E-state index contributed by atoms with van der Waals surface area (Å²) in [6.45, 7) is 0. The third-order valence-electron chi connectivity index (χ3n) is 3.97. The molecular formula is C17H15N3O3S. The van der Waals surface area contributed by atoms with Gasteiger partial charge in [-0.05, 0) is 37.1 Å². The molecule has 0 atom stereocenters. The Labute approximate surface area is 139 Å². The van der Waals surface area contributed by atoms with Gasteiger partial charge in [0.15, 0.2) is 5.65 Å². The van der Waals surface area contributed by atoms with E-state index >= 15 is 0 Å². The van der Waals surface area contributed by atoms with E-state index in [2.05, 4.69) is 10.3 Å². The van der Waals surface area contributed by atoms with Gasteiger partial charge in [-0.3, -0.25) is 4.79 Å². The van der Waals surface area contributed by atoms with Gasteiger partial charge in [-0.15, -0.1) is 0 Å². The number of amides is 1. The molecule has 122 valence electrons. The normalized spacial score (nSPS) is 14.7. The maximum Gasteiger partial charge on any atom is 0.269 e. The fourth-order valence-electron chi connectivity index (χ4n) is 2.52. The van der Waals surface area contributed by atoms with Crippen LogP contribution in [0.2, 0.25) is 0 Å². The average Bonchev–Trinajstić information content (AvgIpc) is 3.30. The molecule has 0 bridgehead atoms. The van der Waals surface area contributed by atoms with E-state index in [0.717, 1.165) is 16.8 Å². The number of pyridine rings is 1. The highest BCUT2D eigenvalue weighted by molar-refractivity contribution is 7.90. The van der Waals surface area contributed by atoms with Crippen LogP contribution in [0.1, 0.15) is 23.2 Å². The molecule has 1 amide bonds. The van der Waals surface area contributed by atoms with Crippen LogP contribution in [0.15, 0.2) is 59.8 Å². The Kier molecular flexibility index (Phi) is 3.38. The first-order valence-electron chi connectivity index (χ1n) is 7.64. The molecule has 24 heavy (non-hydrogen) atoms. The van der Waals surface area contributed by atoms with Gasteiger partial charge in [0.1, 0.15) is 0 Å². The van der Waals surface area contributed by atoms with Crippen molar-refractivity contribution in [2.24, 2.45) is 0 Å². The zero-order valence-electron chi connectivity index (χ0n) is 12.7. The molecule has 7 heteroatoms. The molecule has 0 spiro atoms. The quantitative estimate of drug-likeness (QED) is 0.788. The van der Waals surface area contributed by atoms with Crippen LogP contribution in [0.5, 0.6) is 0 Å². The zero-order valence-corrected chi connectivity index (χ0v) is 13.5. The molecule has 2 heterocycles. The van der Waals surface area contributed by atoms with E-state index in [1.807, 2.05) is 0 Å². The van der Waals surface area contributed by atoms with Crippen molar-refractivity contribution in [1.29, 1.82) is 0 Å². The Morgan fingerprint density at radius 1 is 1.17 bits per heavy atom. The van der Waals surface area contributed by atoms with Gasteiger partial charge in [-0.1, -0.05) is 18.2 Å². The molecule has 0 radical (unpaired) electrons. The second-order valence-corrected chi connectivity index (χ2v) is 7.63. The Bertz CT molecular complexity index is 1020. The average molecular weight is 341 g/mol. The van der Waals surface area contributed by atoms with Gasteiger partial charge in [0.25, 0.3) is 15.9 Å². The van der Waals surface area contributed by atoms with Gasteiger partial charge in [-0.25, -0.2) is 17.4 Å². The van der Waals surface area contributed by atoms with Gasteiger partial charge in [-0.2, -0.15) is 0 Å². The lowest BCUT2D eigenvalue weighted by atomic mass is 10.2. The highest BCUT2D eigenvalue weighted by Crippen LogP contribution is 2.22. The van der Waals surface area contributed by atoms with E-state index in [0.29, 0.717) is 16.6 Å². The van der Waals surface area contributed by atoms with E-state index in [-0.39, 0.29) is 16.8 Å². The number of carbonyl (C=O) groups is 1. The van der Waals surface area contributed by atoms with Gasteiger partial charge in [0.05, 0.1) is 10.5 Å². The minimum Gasteiger partial charge on any atom is -0.349 e. The molecule has 1 aromatic carbocycles. The molecular weight excluding hydrogens is 326 g/mol. The minimum absolute atomic E-state index is 0.175. The van der Waals surface area contributed by atoms with E-state index in [9.17, 15) is 13.2 Å². The van der Waals surface area contributed by atoms with Crippen LogP contribution in [-0.2, 0) is 10.0 Å². The monoisotopic (exact) mass is 341 g/mol. The van der Waals surface area contributed by atoms with Gasteiger partial charge in [0, 0.05) is 23.8 Å². The molecule has 6 nitrogen and oxygen atoms in total. The van der Waals surface area contributed by atoms with Crippen LogP contribution < -0.4 is 5.32 Å². The van der Waals surface area contributed by atoms with Gasteiger partial charge in [0.2, 0.25) is 0 Å². The third-order valence-corrected chi connectivity index (χ3v) is 5.65. The van der Waals surface area contributed by atoms with Crippen LogP contribution in [0.3, 0.4) is 0 Å². The van der Waals surface area contributed by atoms with Crippen molar-refractivity contribution in [3.63, 3.8) is 0 Å². The summed E-state index contributed by atoms with van der Waals surface area (Å²) >= 11 is 0. The van der Waals surface area contributed by atoms with Crippen molar-refractivity contribution in [2.45, 2.75) is 23.8 Å². The Morgan fingerprint density at radius 3 is 2.62 bits per heavy atom. The summed E-state index contributed by atoms with van der Waals surface area (Å²) in [6, 6.07) is 11.8.